The first-order valence-electron chi connectivity index (χ1n) is 6.96. The minimum atomic E-state index is 0.280. The van der Waals surface area contributed by atoms with Gasteiger partial charge in [-0.25, -0.2) is 9.67 Å². The van der Waals surface area contributed by atoms with Crippen molar-refractivity contribution < 1.29 is 0 Å². The Balaban J connectivity index is 2.08. The van der Waals surface area contributed by atoms with Crippen LogP contribution in [-0.2, 0) is 13.1 Å². The molecule has 0 unspecified atom stereocenters. The molecule has 0 fully saturated rings. The Morgan fingerprint density at radius 1 is 1.33 bits per heavy atom. The largest absolute Gasteiger partial charge is 0.339 e. The summed E-state index contributed by atoms with van der Waals surface area (Å²) in [6, 6.07) is 6.15. The van der Waals surface area contributed by atoms with Gasteiger partial charge in [-0.3, -0.25) is 0 Å². The second kappa shape index (κ2) is 5.50. The lowest BCUT2D eigenvalue weighted by molar-refractivity contribution is 0.498. The van der Waals surface area contributed by atoms with Crippen LogP contribution in [0.15, 0.2) is 30.7 Å². The number of hydrogen-bond donors (Lipinski definition) is 1. The van der Waals surface area contributed by atoms with Crippen molar-refractivity contribution in [3.63, 3.8) is 0 Å². The molecule has 0 bridgehead atoms. The highest BCUT2D eigenvalue weighted by atomic mass is 35.5. The molecule has 2 heterocycles. The van der Waals surface area contributed by atoms with Crippen molar-refractivity contribution >= 4 is 22.5 Å². The molecular weight excluding hydrogens is 286 g/mol. The average molecular weight is 304 g/mol. The van der Waals surface area contributed by atoms with Crippen LogP contribution in [0.5, 0.6) is 0 Å². The second-order valence-corrected chi connectivity index (χ2v) is 5.80. The van der Waals surface area contributed by atoms with Crippen molar-refractivity contribution in [1.82, 2.24) is 19.3 Å². The van der Waals surface area contributed by atoms with Gasteiger partial charge in [0.25, 0.3) is 0 Å². The summed E-state index contributed by atoms with van der Waals surface area (Å²) in [5, 5.41) is 6.13. The molecule has 0 saturated carbocycles. The number of aromatic nitrogens is 4. The summed E-state index contributed by atoms with van der Waals surface area (Å²) in [6.07, 6.45) is 3.66. The first-order valence-corrected chi connectivity index (χ1v) is 7.33. The summed E-state index contributed by atoms with van der Waals surface area (Å²) in [4.78, 5) is 4.36. The number of nitrogens with two attached hydrogens (primary N) is 1. The van der Waals surface area contributed by atoms with Gasteiger partial charge in [0.1, 0.15) is 12.2 Å². The van der Waals surface area contributed by atoms with E-state index < -0.39 is 0 Å². The Labute approximate surface area is 128 Å². The molecule has 0 atom stereocenters. The third-order valence-corrected chi connectivity index (χ3v) is 3.83. The predicted octanol–water partition coefficient (Wildman–Crippen LogP) is 2.97. The third-order valence-electron chi connectivity index (χ3n) is 3.59. The molecule has 2 N–H and O–H groups in total. The molecule has 110 valence electrons. The molecule has 21 heavy (non-hydrogen) atoms. The summed E-state index contributed by atoms with van der Waals surface area (Å²) in [7, 11) is 0. The summed E-state index contributed by atoms with van der Waals surface area (Å²) >= 11 is 6.13. The summed E-state index contributed by atoms with van der Waals surface area (Å²) < 4.78 is 4.06. The topological polar surface area (TPSA) is 61.7 Å². The van der Waals surface area contributed by atoms with E-state index in [0.29, 0.717) is 13.1 Å². The maximum absolute atomic E-state index is 6.13. The van der Waals surface area contributed by atoms with Crippen molar-refractivity contribution in [2.75, 3.05) is 0 Å². The molecule has 0 amide bonds. The van der Waals surface area contributed by atoms with Gasteiger partial charge in [0.15, 0.2) is 0 Å². The van der Waals surface area contributed by atoms with Crippen LogP contribution in [-0.4, -0.2) is 19.3 Å². The van der Waals surface area contributed by atoms with Crippen molar-refractivity contribution in [3.8, 4) is 0 Å². The number of hydrogen-bond acceptors (Lipinski definition) is 3. The van der Waals surface area contributed by atoms with Crippen molar-refractivity contribution in [2.24, 2.45) is 5.73 Å². The zero-order valence-corrected chi connectivity index (χ0v) is 12.9. The number of fused-ring (bicyclic) bond motifs is 1. The molecule has 6 heteroatoms. The molecule has 0 aliphatic heterocycles. The maximum Gasteiger partial charge on any atom is 0.147 e. The van der Waals surface area contributed by atoms with E-state index in [4.69, 9.17) is 17.3 Å². The molecule has 0 spiro atoms. The fourth-order valence-corrected chi connectivity index (χ4v) is 2.77. The van der Waals surface area contributed by atoms with Crippen LogP contribution < -0.4 is 5.73 Å². The lowest BCUT2D eigenvalue weighted by atomic mass is 10.2. The van der Waals surface area contributed by atoms with Gasteiger partial charge in [-0.2, -0.15) is 5.10 Å². The van der Waals surface area contributed by atoms with Crippen molar-refractivity contribution in [1.29, 1.82) is 0 Å². The number of rotatable bonds is 4. The van der Waals surface area contributed by atoms with E-state index in [1.807, 2.05) is 22.9 Å². The molecule has 0 aliphatic rings. The van der Waals surface area contributed by atoms with Gasteiger partial charge in [-0.1, -0.05) is 17.7 Å². The molecule has 0 saturated heterocycles. The van der Waals surface area contributed by atoms with E-state index in [-0.39, 0.29) is 6.04 Å². The third kappa shape index (κ3) is 2.54. The minimum Gasteiger partial charge on any atom is -0.339 e. The number of nitrogens with zero attached hydrogens (tertiary/aromatic N) is 4. The Morgan fingerprint density at radius 2 is 2.14 bits per heavy atom. The zero-order valence-electron chi connectivity index (χ0n) is 12.1. The Kier molecular flexibility index (Phi) is 3.69. The Bertz CT molecular complexity index is 772. The first kappa shape index (κ1) is 14.1. The van der Waals surface area contributed by atoms with Crippen LogP contribution in [0.3, 0.4) is 0 Å². The Hall–Kier alpha value is -1.85. The molecule has 0 radical (unpaired) electrons. The van der Waals surface area contributed by atoms with Crippen LogP contribution in [0.25, 0.3) is 10.9 Å². The van der Waals surface area contributed by atoms with E-state index in [1.165, 1.54) is 0 Å². The normalized spacial score (nSPS) is 11.7. The van der Waals surface area contributed by atoms with Gasteiger partial charge in [0.05, 0.1) is 12.1 Å². The van der Waals surface area contributed by atoms with Gasteiger partial charge < -0.3 is 10.3 Å². The lowest BCUT2D eigenvalue weighted by Gasteiger charge is -2.10. The quantitative estimate of drug-likeness (QED) is 0.806. The molecule has 0 aliphatic carbocycles. The molecular formula is C15H18ClN5. The maximum atomic E-state index is 6.13. The van der Waals surface area contributed by atoms with Crippen LogP contribution >= 0.6 is 11.6 Å². The van der Waals surface area contributed by atoms with Gasteiger partial charge in [-0.05, 0) is 31.5 Å². The predicted molar refractivity (Wildman–Crippen MR) is 84.3 cm³/mol. The molecule has 1 aromatic carbocycles. The van der Waals surface area contributed by atoms with Crippen LogP contribution in [0.4, 0.5) is 0 Å². The highest BCUT2D eigenvalue weighted by Crippen LogP contribution is 2.25. The van der Waals surface area contributed by atoms with E-state index >= 15 is 0 Å². The molecule has 3 rings (SSSR count). The summed E-state index contributed by atoms with van der Waals surface area (Å²) in [6.45, 7) is 5.33. The van der Waals surface area contributed by atoms with E-state index in [2.05, 4.69) is 34.7 Å². The molecule has 2 aromatic heterocycles. The molecule has 3 aromatic rings. The van der Waals surface area contributed by atoms with E-state index in [9.17, 15) is 0 Å². The average Bonchev–Trinajstić information content (AvgIpc) is 3.04. The van der Waals surface area contributed by atoms with E-state index in [1.54, 1.807) is 6.33 Å². The smallest absolute Gasteiger partial charge is 0.147 e. The second-order valence-electron chi connectivity index (χ2n) is 5.36. The van der Waals surface area contributed by atoms with Crippen LogP contribution in [0, 0.1) is 0 Å². The highest BCUT2D eigenvalue weighted by Gasteiger charge is 2.12. The lowest BCUT2D eigenvalue weighted by Crippen LogP contribution is -2.11. The SMILES string of the molecule is CC(C)n1ncnc1Cn1cc(CN)c2ccc(Cl)cc21. The van der Waals surface area contributed by atoms with Gasteiger partial charge in [0.2, 0.25) is 0 Å². The fourth-order valence-electron chi connectivity index (χ4n) is 2.61. The van der Waals surface area contributed by atoms with E-state index in [0.717, 1.165) is 27.3 Å². The fraction of sp³-hybridized carbons (Fsp3) is 0.333. The summed E-state index contributed by atoms with van der Waals surface area (Å²) in [5.41, 5.74) is 8.02. The highest BCUT2D eigenvalue weighted by molar-refractivity contribution is 6.31. The monoisotopic (exact) mass is 303 g/mol. The number of benzene rings is 1. The van der Waals surface area contributed by atoms with Gasteiger partial charge >= 0.3 is 0 Å². The zero-order chi connectivity index (χ0) is 15.0. The standard InChI is InChI=1S/C15H18ClN5/c1-10(2)21-15(18-9-19-21)8-20-7-11(6-17)13-4-3-12(16)5-14(13)20/h3-5,7,9-10H,6,8,17H2,1-2H3. The van der Waals surface area contributed by atoms with Crippen LogP contribution in [0.2, 0.25) is 5.02 Å². The first-order chi connectivity index (χ1) is 10.1. The van der Waals surface area contributed by atoms with Crippen LogP contribution in [0.1, 0.15) is 31.3 Å². The number of halogens is 1. The Morgan fingerprint density at radius 3 is 2.86 bits per heavy atom. The molecule has 5 nitrogen and oxygen atoms in total. The summed E-state index contributed by atoms with van der Waals surface area (Å²) in [5.74, 6) is 0.922. The van der Waals surface area contributed by atoms with Crippen molar-refractivity contribution in [2.45, 2.75) is 33.0 Å². The van der Waals surface area contributed by atoms with Gasteiger partial charge in [-0.15, -0.1) is 0 Å². The minimum absolute atomic E-state index is 0.280. The van der Waals surface area contributed by atoms with Gasteiger partial charge in [0, 0.05) is 29.2 Å². The van der Waals surface area contributed by atoms with Crippen molar-refractivity contribution in [3.05, 3.63) is 47.1 Å².